The van der Waals surface area contributed by atoms with Gasteiger partial charge >= 0.3 is 0 Å². The minimum absolute atomic E-state index is 0.0530. The molecule has 0 spiro atoms. The quantitative estimate of drug-likeness (QED) is 0.238. The third-order valence-electron chi connectivity index (χ3n) is 6.54. The van der Waals surface area contributed by atoms with Crippen LogP contribution in [-0.2, 0) is 10.8 Å². The van der Waals surface area contributed by atoms with E-state index >= 15 is 0 Å². The van der Waals surface area contributed by atoms with E-state index in [2.05, 4.69) is 31.2 Å². The van der Waals surface area contributed by atoms with E-state index in [0.717, 1.165) is 31.5 Å². The largest absolute Gasteiger partial charge is 0.489 e. The van der Waals surface area contributed by atoms with E-state index in [9.17, 15) is 9.00 Å². The Morgan fingerprint density at radius 2 is 1.82 bits per heavy atom. The highest BCUT2D eigenvalue weighted by atomic mass is 35.5. The number of nitrogens with zero attached hydrogens (tertiary/aromatic N) is 2. The lowest BCUT2D eigenvalue weighted by molar-refractivity contribution is 0.0961. The number of aromatic nitrogens is 2. The molecule has 2 aromatic carbocycles. The number of anilines is 4. The lowest BCUT2D eigenvalue weighted by atomic mass is 9.86. The van der Waals surface area contributed by atoms with E-state index in [0.29, 0.717) is 38.4 Å². The molecule has 0 bridgehead atoms. The van der Waals surface area contributed by atoms with Crippen molar-refractivity contribution in [3.8, 4) is 5.75 Å². The number of para-hydroxylation sites is 1. The van der Waals surface area contributed by atoms with Gasteiger partial charge in [-0.1, -0.05) is 37.6 Å². The average molecular weight is 585 g/mol. The maximum Gasteiger partial charge on any atom is 0.251 e. The summed E-state index contributed by atoms with van der Waals surface area (Å²) in [6.45, 7) is 9.54. The van der Waals surface area contributed by atoms with Crippen LogP contribution >= 0.6 is 11.6 Å². The van der Waals surface area contributed by atoms with Gasteiger partial charge in [-0.2, -0.15) is 4.98 Å². The molecule has 0 radical (unpaired) electrons. The lowest BCUT2D eigenvalue weighted by Gasteiger charge is -2.26. The van der Waals surface area contributed by atoms with Gasteiger partial charge < -0.3 is 26.0 Å². The Morgan fingerprint density at radius 1 is 1.10 bits per heavy atom. The summed E-state index contributed by atoms with van der Waals surface area (Å²) in [5, 5.41) is 12.9. The number of nitrogens with one attached hydrogen (secondary N) is 4. The second-order valence-corrected chi connectivity index (χ2v) is 12.6. The smallest absolute Gasteiger partial charge is 0.251 e. The molecule has 1 atom stereocenters. The van der Waals surface area contributed by atoms with Gasteiger partial charge in [0.05, 0.1) is 39.4 Å². The first-order valence-corrected chi connectivity index (χ1v) is 15.1. The first-order chi connectivity index (χ1) is 19.2. The molecule has 1 aromatic heterocycles. The van der Waals surface area contributed by atoms with E-state index in [1.54, 1.807) is 13.1 Å². The van der Waals surface area contributed by atoms with Gasteiger partial charge in [0.2, 0.25) is 5.95 Å². The molecule has 1 unspecified atom stereocenters. The third kappa shape index (κ3) is 7.10. The summed E-state index contributed by atoms with van der Waals surface area (Å²) >= 11 is 6.46. The van der Waals surface area contributed by atoms with Gasteiger partial charge in [-0.15, -0.1) is 0 Å². The Balaban J connectivity index is 1.71. The van der Waals surface area contributed by atoms with Crippen LogP contribution in [-0.4, -0.2) is 51.6 Å². The van der Waals surface area contributed by atoms with Crippen LogP contribution in [0.15, 0.2) is 47.5 Å². The second-order valence-electron chi connectivity index (χ2n) is 10.2. The van der Waals surface area contributed by atoms with Crippen molar-refractivity contribution in [2.75, 3.05) is 30.8 Å². The van der Waals surface area contributed by atoms with Crippen molar-refractivity contribution in [2.45, 2.75) is 62.7 Å². The van der Waals surface area contributed by atoms with Crippen LogP contribution < -0.4 is 26.0 Å². The summed E-state index contributed by atoms with van der Waals surface area (Å²) in [6, 6.07) is 11.1. The molecule has 9 nitrogen and oxygen atoms in total. The number of carbonyl (C=O) groups excluding carboxylic acids is 1. The van der Waals surface area contributed by atoms with Gasteiger partial charge in [-0.25, -0.2) is 4.98 Å². The number of amides is 1. The molecule has 11 heteroatoms. The van der Waals surface area contributed by atoms with Gasteiger partial charge in [0.1, 0.15) is 10.8 Å². The van der Waals surface area contributed by atoms with Gasteiger partial charge in [0, 0.05) is 17.9 Å². The summed E-state index contributed by atoms with van der Waals surface area (Å²) < 4.78 is 19.1. The van der Waals surface area contributed by atoms with Crippen molar-refractivity contribution in [3.63, 3.8) is 0 Å². The summed E-state index contributed by atoms with van der Waals surface area (Å²) in [5.74, 6) is 1.32. The normalized spacial score (nSPS) is 14.7. The summed E-state index contributed by atoms with van der Waals surface area (Å²) in [4.78, 5) is 22.6. The van der Waals surface area contributed by atoms with Crippen LogP contribution in [0.5, 0.6) is 5.75 Å². The molecule has 40 heavy (non-hydrogen) atoms. The van der Waals surface area contributed by atoms with Crippen LogP contribution in [0.4, 0.5) is 23.1 Å². The molecule has 0 aliphatic carbocycles. The number of hydrogen-bond donors (Lipinski definition) is 4. The van der Waals surface area contributed by atoms with E-state index in [4.69, 9.17) is 16.3 Å². The van der Waals surface area contributed by atoms with Crippen LogP contribution in [0.2, 0.25) is 5.02 Å². The highest BCUT2D eigenvalue weighted by Crippen LogP contribution is 2.38. The van der Waals surface area contributed by atoms with Crippen molar-refractivity contribution in [2.24, 2.45) is 0 Å². The standard InChI is InChI=1S/C29H37ClN6O3S/c1-17(2)39-25-15-20(19-10-12-32-13-11-19)21(28(37)31-5)14-24(25)35-29-33-16-22(30)27(36-29)34-23-8-6-7-9-26(23)40(38)18(3)4/h6-9,14-19,32H,10-13H2,1-5H3,(H,31,37)(H2,33,34,35,36). The number of carbonyl (C=O) groups is 1. The van der Waals surface area contributed by atoms with Gasteiger partial charge in [0.15, 0.2) is 5.82 Å². The molecular weight excluding hydrogens is 548 g/mol. The lowest BCUT2D eigenvalue weighted by Crippen LogP contribution is -2.29. The maximum absolute atomic E-state index is 13.0. The first kappa shape index (κ1) is 29.8. The fraction of sp³-hybridized carbons (Fsp3) is 0.414. The van der Waals surface area contributed by atoms with Crippen molar-refractivity contribution < 1.29 is 13.7 Å². The van der Waals surface area contributed by atoms with E-state index in [1.807, 2.05) is 58.0 Å². The van der Waals surface area contributed by atoms with Gasteiger partial charge in [0.25, 0.3) is 5.91 Å². The van der Waals surface area contributed by atoms with Crippen molar-refractivity contribution >= 4 is 51.4 Å². The fourth-order valence-electron chi connectivity index (χ4n) is 4.61. The number of rotatable bonds is 10. The Labute approximate surface area is 243 Å². The molecule has 4 rings (SSSR count). The number of ether oxygens (including phenoxy) is 1. The molecule has 214 valence electrons. The SMILES string of the molecule is CNC(=O)c1cc(Nc2ncc(Cl)c(Nc3ccccc3S(=O)C(C)C)n2)c(OC(C)C)cc1C1CCNCC1. The summed E-state index contributed by atoms with van der Waals surface area (Å²) in [7, 11) is 0.421. The minimum Gasteiger partial charge on any atom is -0.489 e. The fourth-order valence-corrected chi connectivity index (χ4v) is 5.80. The molecule has 1 saturated heterocycles. The van der Waals surface area contributed by atoms with Crippen LogP contribution in [0.1, 0.15) is 62.4 Å². The monoisotopic (exact) mass is 584 g/mol. The van der Waals surface area contributed by atoms with Crippen molar-refractivity contribution in [1.29, 1.82) is 0 Å². The Morgan fingerprint density at radius 3 is 2.50 bits per heavy atom. The molecule has 1 aliphatic rings. The van der Waals surface area contributed by atoms with E-state index in [1.165, 1.54) is 6.20 Å². The molecule has 2 heterocycles. The molecule has 1 fully saturated rings. The van der Waals surface area contributed by atoms with Crippen molar-refractivity contribution in [3.05, 3.63) is 58.7 Å². The minimum atomic E-state index is -1.21. The highest BCUT2D eigenvalue weighted by molar-refractivity contribution is 7.85. The molecular formula is C29H37ClN6O3S. The highest BCUT2D eigenvalue weighted by Gasteiger charge is 2.25. The Bertz CT molecular complexity index is 1380. The topological polar surface area (TPSA) is 117 Å². The van der Waals surface area contributed by atoms with Crippen LogP contribution in [0.25, 0.3) is 0 Å². The Kier molecular flexibility index (Phi) is 9.99. The maximum atomic E-state index is 13.0. The van der Waals surface area contributed by atoms with Crippen molar-refractivity contribution in [1.82, 2.24) is 20.6 Å². The molecule has 0 saturated carbocycles. The molecule has 1 amide bonds. The Hall–Kier alpha value is -3.21. The summed E-state index contributed by atoms with van der Waals surface area (Å²) in [5.41, 5.74) is 2.78. The zero-order valence-electron chi connectivity index (χ0n) is 23.5. The number of hydrogen-bond acceptors (Lipinski definition) is 8. The number of piperidine rings is 1. The first-order valence-electron chi connectivity index (χ1n) is 13.5. The average Bonchev–Trinajstić information content (AvgIpc) is 2.95. The molecule has 3 aromatic rings. The number of halogens is 1. The van der Waals surface area contributed by atoms with Crippen LogP contribution in [0.3, 0.4) is 0 Å². The molecule has 4 N–H and O–H groups in total. The van der Waals surface area contributed by atoms with Gasteiger partial charge in [-0.3, -0.25) is 9.00 Å². The van der Waals surface area contributed by atoms with Crippen LogP contribution in [0, 0.1) is 0 Å². The predicted molar refractivity (Wildman–Crippen MR) is 162 cm³/mol. The predicted octanol–water partition coefficient (Wildman–Crippen LogP) is 5.75. The third-order valence-corrected chi connectivity index (χ3v) is 8.46. The zero-order chi connectivity index (χ0) is 28.8. The van der Waals surface area contributed by atoms with E-state index < -0.39 is 10.8 Å². The number of benzene rings is 2. The summed E-state index contributed by atoms with van der Waals surface area (Å²) in [6.07, 6.45) is 3.29. The van der Waals surface area contributed by atoms with Gasteiger partial charge in [-0.05, 0) is 75.5 Å². The molecule has 1 aliphatic heterocycles. The van der Waals surface area contributed by atoms with E-state index in [-0.39, 0.29) is 29.1 Å². The second kappa shape index (κ2) is 13.4. The zero-order valence-corrected chi connectivity index (χ0v) is 25.1.